The van der Waals surface area contributed by atoms with Crippen LogP contribution in [0.15, 0.2) is 60.7 Å². The van der Waals surface area contributed by atoms with E-state index >= 15 is 0 Å². The fourth-order valence-electron chi connectivity index (χ4n) is 3.91. The average molecular weight is 439 g/mol. The van der Waals surface area contributed by atoms with E-state index in [0.29, 0.717) is 11.1 Å². The third kappa shape index (κ3) is 4.31. The highest BCUT2D eigenvalue weighted by Crippen LogP contribution is 2.46. The maximum absolute atomic E-state index is 13.7. The molecular formula is C25H30N2O5. The smallest absolute Gasteiger partial charge is 0.334 e. The normalized spacial score (nSPS) is 22.4. The van der Waals surface area contributed by atoms with Crippen molar-refractivity contribution in [2.45, 2.75) is 52.0 Å². The van der Waals surface area contributed by atoms with Gasteiger partial charge in [-0.05, 0) is 25.0 Å². The van der Waals surface area contributed by atoms with E-state index in [2.05, 4.69) is 0 Å². The topological polar surface area (TPSA) is 98.2 Å². The Labute approximate surface area is 188 Å². The summed E-state index contributed by atoms with van der Waals surface area (Å²) < 4.78 is 0. The van der Waals surface area contributed by atoms with Gasteiger partial charge in [0, 0.05) is 0 Å². The summed E-state index contributed by atoms with van der Waals surface area (Å²) >= 11 is 0. The van der Waals surface area contributed by atoms with Crippen molar-refractivity contribution in [2.24, 2.45) is 11.8 Å². The summed E-state index contributed by atoms with van der Waals surface area (Å²) in [6, 6.07) is 15.9. The highest BCUT2D eigenvalue weighted by molar-refractivity contribution is 6.06. The zero-order valence-electron chi connectivity index (χ0n) is 18.8. The maximum atomic E-state index is 13.7. The summed E-state index contributed by atoms with van der Waals surface area (Å²) in [7, 11) is 0. The molecule has 0 spiro atoms. The lowest BCUT2D eigenvalue weighted by molar-refractivity contribution is -0.136. The van der Waals surface area contributed by atoms with Crippen molar-refractivity contribution in [3.63, 3.8) is 0 Å². The van der Waals surface area contributed by atoms with Crippen molar-refractivity contribution in [1.82, 2.24) is 9.80 Å². The predicted octanol–water partition coefficient (Wildman–Crippen LogP) is 3.29. The number of aliphatic hydroxyl groups is 2. The van der Waals surface area contributed by atoms with E-state index in [1.54, 1.807) is 13.8 Å². The molecule has 0 bridgehead atoms. The van der Waals surface area contributed by atoms with Crippen molar-refractivity contribution >= 4 is 17.8 Å². The zero-order chi connectivity index (χ0) is 23.6. The second-order valence-electron chi connectivity index (χ2n) is 8.47. The zero-order valence-corrected chi connectivity index (χ0v) is 18.8. The quantitative estimate of drug-likeness (QED) is 0.721. The van der Waals surface area contributed by atoms with Gasteiger partial charge < -0.3 is 10.2 Å². The van der Waals surface area contributed by atoms with E-state index in [4.69, 9.17) is 0 Å². The Bertz CT molecular complexity index is 883. The number of urea groups is 1. The molecule has 7 nitrogen and oxygen atoms in total. The van der Waals surface area contributed by atoms with Gasteiger partial charge >= 0.3 is 6.03 Å². The number of aliphatic hydroxyl groups excluding tert-OH is 2. The summed E-state index contributed by atoms with van der Waals surface area (Å²) in [6.45, 7) is 6.10. The van der Waals surface area contributed by atoms with E-state index in [-0.39, 0.29) is 0 Å². The molecule has 1 aliphatic heterocycles. The molecule has 2 aromatic carbocycles. The molecule has 0 unspecified atom stereocenters. The van der Waals surface area contributed by atoms with Gasteiger partial charge in [-0.25, -0.2) is 4.79 Å². The summed E-state index contributed by atoms with van der Waals surface area (Å²) in [5, 5.41) is 20.1. The largest absolute Gasteiger partial charge is 0.393 e. The molecule has 1 aliphatic rings. The molecule has 3 rings (SSSR count). The fourth-order valence-corrected chi connectivity index (χ4v) is 3.91. The van der Waals surface area contributed by atoms with E-state index in [0.717, 1.165) is 9.80 Å². The number of hydrogen-bond acceptors (Lipinski definition) is 5. The molecule has 6 atom stereocenters. The van der Waals surface area contributed by atoms with Crippen LogP contribution in [0.1, 0.15) is 50.9 Å². The van der Waals surface area contributed by atoms with Crippen molar-refractivity contribution in [1.29, 1.82) is 0 Å². The second kappa shape index (κ2) is 9.63. The van der Waals surface area contributed by atoms with Gasteiger partial charge in [0.25, 0.3) is 0 Å². The first-order chi connectivity index (χ1) is 15.2. The standard InChI is InChI=1S/C25H30N2O5/c1-15(17(3)28)23(30)26-21(19-11-7-5-8-12-19)22(20-13-9-6-10-14-20)27(25(26)32)24(31)16(2)18(4)29/h5-18,21-22,28-29H,1-4H3/t15-,16-,17+,18+,21-,22-/m1/s1. The Morgan fingerprint density at radius 1 is 0.688 bits per heavy atom. The molecule has 0 aromatic heterocycles. The van der Waals surface area contributed by atoms with Crippen LogP contribution in [0.5, 0.6) is 0 Å². The van der Waals surface area contributed by atoms with Crippen LogP contribution in [0.4, 0.5) is 4.79 Å². The van der Waals surface area contributed by atoms with Gasteiger partial charge in [0.1, 0.15) is 0 Å². The van der Waals surface area contributed by atoms with Gasteiger partial charge in [-0.15, -0.1) is 0 Å². The third-order valence-corrected chi connectivity index (χ3v) is 6.25. The molecular weight excluding hydrogens is 408 g/mol. The summed E-state index contributed by atoms with van der Waals surface area (Å²) in [5.41, 5.74) is 1.39. The molecule has 32 heavy (non-hydrogen) atoms. The van der Waals surface area contributed by atoms with Crippen LogP contribution in [0, 0.1) is 11.8 Å². The van der Waals surface area contributed by atoms with Crippen LogP contribution in [-0.4, -0.2) is 50.1 Å². The maximum Gasteiger partial charge on any atom is 0.334 e. The average Bonchev–Trinajstić information content (AvgIpc) is 3.10. The molecule has 4 amide bonds. The number of imide groups is 2. The lowest BCUT2D eigenvalue weighted by Gasteiger charge is -2.29. The minimum atomic E-state index is -0.969. The predicted molar refractivity (Wildman–Crippen MR) is 119 cm³/mol. The van der Waals surface area contributed by atoms with Crippen molar-refractivity contribution in [2.75, 3.05) is 0 Å². The fraction of sp³-hybridized carbons (Fsp3) is 0.400. The first-order valence-electron chi connectivity index (χ1n) is 10.8. The molecule has 2 N–H and O–H groups in total. The highest BCUT2D eigenvalue weighted by Gasteiger charge is 2.54. The van der Waals surface area contributed by atoms with Crippen LogP contribution in [0.25, 0.3) is 0 Å². The molecule has 1 fully saturated rings. The summed E-state index contributed by atoms with van der Waals surface area (Å²) in [5.74, 6) is -2.80. The molecule has 0 saturated carbocycles. The first kappa shape index (κ1) is 23.6. The monoisotopic (exact) mass is 438 g/mol. The van der Waals surface area contributed by atoms with Crippen LogP contribution < -0.4 is 0 Å². The van der Waals surface area contributed by atoms with Gasteiger partial charge in [-0.2, -0.15) is 0 Å². The molecule has 170 valence electrons. The van der Waals surface area contributed by atoms with E-state index in [1.807, 2.05) is 60.7 Å². The van der Waals surface area contributed by atoms with Crippen LogP contribution in [0.3, 0.4) is 0 Å². The Kier molecular flexibility index (Phi) is 7.11. The molecule has 1 heterocycles. The van der Waals surface area contributed by atoms with Gasteiger partial charge in [-0.1, -0.05) is 74.5 Å². The minimum absolute atomic E-state index is 0.556. The summed E-state index contributed by atoms with van der Waals surface area (Å²) in [4.78, 5) is 42.6. The summed E-state index contributed by atoms with van der Waals surface area (Å²) in [6.07, 6.45) is -1.94. The number of rotatable bonds is 6. The molecule has 2 aromatic rings. The highest BCUT2D eigenvalue weighted by atomic mass is 16.3. The number of nitrogens with zero attached hydrogens (tertiary/aromatic N) is 2. The lowest BCUT2D eigenvalue weighted by atomic mass is 9.91. The lowest BCUT2D eigenvalue weighted by Crippen LogP contribution is -2.45. The van der Waals surface area contributed by atoms with Crippen molar-refractivity contribution in [3.8, 4) is 0 Å². The van der Waals surface area contributed by atoms with Crippen LogP contribution in [-0.2, 0) is 9.59 Å². The van der Waals surface area contributed by atoms with Gasteiger partial charge in [0.2, 0.25) is 11.8 Å². The number of carbonyl (C=O) groups is 3. The number of amides is 4. The molecule has 1 saturated heterocycles. The van der Waals surface area contributed by atoms with Gasteiger partial charge in [-0.3, -0.25) is 19.4 Å². The number of benzene rings is 2. The Balaban J connectivity index is 2.22. The number of carbonyl (C=O) groups excluding carboxylic acids is 3. The van der Waals surface area contributed by atoms with E-state index in [9.17, 15) is 24.6 Å². The Morgan fingerprint density at radius 3 is 1.28 bits per heavy atom. The van der Waals surface area contributed by atoms with Gasteiger partial charge in [0.15, 0.2) is 0 Å². The second-order valence-corrected chi connectivity index (χ2v) is 8.47. The van der Waals surface area contributed by atoms with Crippen LogP contribution >= 0.6 is 0 Å². The minimum Gasteiger partial charge on any atom is -0.393 e. The van der Waals surface area contributed by atoms with Crippen molar-refractivity contribution < 1.29 is 24.6 Å². The first-order valence-corrected chi connectivity index (χ1v) is 10.8. The van der Waals surface area contributed by atoms with Crippen LogP contribution in [0.2, 0.25) is 0 Å². The number of hydrogen-bond donors (Lipinski definition) is 2. The van der Waals surface area contributed by atoms with E-state index < -0.39 is 54.0 Å². The van der Waals surface area contributed by atoms with Crippen molar-refractivity contribution in [3.05, 3.63) is 71.8 Å². The van der Waals surface area contributed by atoms with E-state index in [1.165, 1.54) is 13.8 Å². The molecule has 7 heteroatoms. The van der Waals surface area contributed by atoms with Gasteiger partial charge in [0.05, 0.1) is 36.1 Å². The molecule has 0 radical (unpaired) electrons. The Hall–Kier alpha value is -3.03. The SMILES string of the molecule is C[C@H](O)[C@@H](C)C(=O)N1C(=O)N(C(=O)[C@H](C)[C@H](C)O)[C@H](c2ccccc2)[C@H]1c1ccccc1. The molecule has 0 aliphatic carbocycles. The third-order valence-electron chi connectivity index (χ3n) is 6.25. The Morgan fingerprint density at radius 2 is 1.00 bits per heavy atom.